The van der Waals surface area contributed by atoms with E-state index in [1.54, 1.807) is 6.07 Å². The summed E-state index contributed by atoms with van der Waals surface area (Å²) in [5, 5.41) is 13.6. The minimum absolute atomic E-state index is 0.0392. The van der Waals surface area contributed by atoms with Crippen molar-refractivity contribution in [2.24, 2.45) is 4.99 Å². The van der Waals surface area contributed by atoms with Gasteiger partial charge >= 0.3 is 12.2 Å². The zero-order chi connectivity index (χ0) is 25.6. The maximum Gasteiger partial charge on any atom is 0.417 e. The lowest BCUT2D eigenvalue weighted by molar-refractivity contribution is -0.137. The number of hydrogen-bond donors (Lipinski definition) is 2. The van der Waals surface area contributed by atoms with E-state index >= 15 is 0 Å². The van der Waals surface area contributed by atoms with E-state index < -0.39 is 23.8 Å². The number of alkyl halides is 3. The second-order valence-electron chi connectivity index (χ2n) is 8.77. The highest BCUT2D eigenvalue weighted by Gasteiger charge is 2.36. The zero-order valence-electron chi connectivity index (χ0n) is 19.2. The van der Waals surface area contributed by atoms with Crippen molar-refractivity contribution in [3.8, 4) is 11.6 Å². The van der Waals surface area contributed by atoms with Crippen LogP contribution in [0.2, 0.25) is 0 Å². The summed E-state index contributed by atoms with van der Waals surface area (Å²) in [5.41, 5.74) is 2.54. The molecule has 2 aliphatic rings. The molecule has 2 N–H and O–H groups in total. The van der Waals surface area contributed by atoms with Gasteiger partial charge in [-0.15, -0.1) is 5.10 Å². The summed E-state index contributed by atoms with van der Waals surface area (Å²) >= 11 is 0. The van der Waals surface area contributed by atoms with Crippen LogP contribution >= 0.6 is 0 Å². The molecule has 0 spiro atoms. The van der Waals surface area contributed by atoms with Gasteiger partial charge in [-0.05, 0) is 36.5 Å². The first-order valence-corrected chi connectivity index (χ1v) is 11.6. The highest BCUT2D eigenvalue weighted by atomic mass is 19.4. The minimum atomic E-state index is -4.50. The Morgan fingerprint density at radius 1 is 1.00 bits per heavy atom. The van der Waals surface area contributed by atoms with E-state index in [0.29, 0.717) is 17.0 Å². The van der Waals surface area contributed by atoms with Crippen LogP contribution in [-0.2, 0) is 11.0 Å². The average Bonchev–Trinajstić information content (AvgIpc) is 3.66. The number of carbonyl (C=O) groups excluding carboxylic acids is 1. The molecule has 6 rings (SSSR count). The second kappa shape index (κ2) is 8.84. The molecule has 37 heavy (non-hydrogen) atoms. The second-order valence-corrected chi connectivity index (χ2v) is 8.77. The highest BCUT2D eigenvalue weighted by Crippen LogP contribution is 2.45. The summed E-state index contributed by atoms with van der Waals surface area (Å²) in [6.07, 6.45) is -3.34. The molecule has 1 aliphatic carbocycles. The van der Waals surface area contributed by atoms with Gasteiger partial charge < -0.3 is 15.1 Å². The van der Waals surface area contributed by atoms with Gasteiger partial charge in [0.05, 0.1) is 17.0 Å². The molecule has 1 fully saturated rings. The van der Waals surface area contributed by atoms with Crippen LogP contribution in [0.3, 0.4) is 0 Å². The van der Waals surface area contributed by atoms with E-state index in [-0.39, 0.29) is 23.5 Å². The molecular weight excluding hydrogens is 485 g/mol. The third-order valence-electron chi connectivity index (χ3n) is 6.14. The number of benzene rings is 2. The minimum Gasteiger partial charge on any atom is -0.402 e. The Kier molecular flexibility index (Phi) is 5.47. The molecule has 3 heterocycles. The maximum atomic E-state index is 13.2. The van der Waals surface area contributed by atoms with Gasteiger partial charge in [-0.3, -0.25) is 9.78 Å². The van der Waals surface area contributed by atoms with Crippen molar-refractivity contribution in [3.63, 3.8) is 0 Å². The number of anilines is 2. The van der Waals surface area contributed by atoms with E-state index in [4.69, 9.17) is 4.42 Å². The van der Waals surface area contributed by atoms with E-state index in [9.17, 15) is 18.0 Å². The van der Waals surface area contributed by atoms with Crippen molar-refractivity contribution >= 4 is 23.3 Å². The number of rotatable bonds is 5. The van der Waals surface area contributed by atoms with E-state index in [1.165, 1.54) is 0 Å². The molecule has 0 bridgehead atoms. The first kappa shape index (κ1) is 22.9. The van der Waals surface area contributed by atoms with Crippen molar-refractivity contribution < 1.29 is 22.4 Å². The number of amides is 1. The predicted octanol–water partition coefficient (Wildman–Crippen LogP) is 5.26. The maximum absolute atomic E-state index is 13.2. The lowest BCUT2D eigenvalue weighted by Gasteiger charge is -2.11. The molecule has 1 atom stereocenters. The fourth-order valence-electron chi connectivity index (χ4n) is 4.20. The van der Waals surface area contributed by atoms with Gasteiger partial charge in [0.2, 0.25) is 6.17 Å². The number of aromatic nitrogens is 3. The molecule has 0 unspecified atom stereocenters. The van der Waals surface area contributed by atoms with Gasteiger partial charge in [-0.2, -0.15) is 13.2 Å². The third kappa shape index (κ3) is 4.55. The number of fused-ring (bicyclic) bond motifs is 1. The Morgan fingerprint density at radius 3 is 2.51 bits per heavy atom. The van der Waals surface area contributed by atoms with Gasteiger partial charge in [0.25, 0.3) is 11.8 Å². The number of halogens is 3. The van der Waals surface area contributed by atoms with Crippen molar-refractivity contribution in [3.05, 3.63) is 89.1 Å². The standard InChI is InChI=1S/C26H19F3N6O2/c27-26(28,29)16-12-18(14-10-11-14)21(30-13-16)24-34-35-25(37-24)33-22-23(36)31-19-9-5-4-8-17(19)20(32-22)15-6-2-1-3-7-15/h1-9,12-14,22H,10-11H2,(H,31,36)(H,33,35)/t22-/m1/s1. The van der Waals surface area contributed by atoms with Gasteiger partial charge in [-0.25, -0.2) is 4.99 Å². The molecule has 2 aromatic heterocycles. The Balaban J connectivity index is 1.33. The fraction of sp³-hybridized carbons (Fsp3) is 0.192. The number of aliphatic imine (C=N–C) groups is 1. The number of para-hydroxylation sites is 1. The summed E-state index contributed by atoms with van der Waals surface area (Å²) in [5.74, 6) is -0.524. The van der Waals surface area contributed by atoms with Gasteiger partial charge in [0, 0.05) is 17.3 Å². The van der Waals surface area contributed by atoms with Gasteiger partial charge in [0.1, 0.15) is 5.69 Å². The Hall–Kier alpha value is -4.54. The van der Waals surface area contributed by atoms with Crippen LogP contribution in [-0.4, -0.2) is 33.0 Å². The molecule has 186 valence electrons. The summed E-state index contributed by atoms with van der Waals surface area (Å²) in [6, 6.07) is 17.7. The first-order valence-electron chi connectivity index (χ1n) is 11.6. The van der Waals surface area contributed by atoms with Crippen LogP contribution in [0.5, 0.6) is 0 Å². The summed E-state index contributed by atoms with van der Waals surface area (Å²) < 4.78 is 45.4. The topological polar surface area (TPSA) is 105 Å². The van der Waals surface area contributed by atoms with E-state index in [0.717, 1.165) is 36.2 Å². The van der Waals surface area contributed by atoms with Crippen molar-refractivity contribution in [2.45, 2.75) is 31.1 Å². The fourth-order valence-corrected chi connectivity index (χ4v) is 4.20. The monoisotopic (exact) mass is 504 g/mol. The third-order valence-corrected chi connectivity index (χ3v) is 6.14. The average molecular weight is 504 g/mol. The predicted molar refractivity (Wildman–Crippen MR) is 129 cm³/mol. The van der Waals surface area contributed by atoms with Crippen LogP contribution in [0.25, 0.3) is 11.6 Å². The lowest BCUT2D eigenvalue weighted by atomic mass is 10.0. The molecule has 1 saturated carbocycles. The van der Waals surface area contributed by atoms with E-state index in [1.807, 2.05) is 48.5 Å². The molecule has 8 nitrogen and oxygen atoms in total. The molecule has 1 aliphatic heterocycles. The molecule has 4 aromatic rings. The van der Waals surface area contributed by atoms with E-state index in [2.05, 4.69) is 30.8 Å². The Morgan fingerprint density at radius 2 is 1.76 bits per heavy atom. The smallest absolute Gasteiger partial charge is 0.402 e. The Labute approximate surface area is 208 Å². The highest BCUT2D eigenvalue weighted by molar-refractivity contribution is 6.19. The molecule has 0 radical (unpaired) electrons. The number of carbonyl (C=O) groups is 1. The number of pyridine rings is 1. The molecule has 0 saturated heterocycles. The molecule has 1 amide bonds. The summed E-state index contributed by atoms with van der Waals surface area (Å²) in [6.45, 7) is 0. The Bertz CT molecular complexity index is 1510. The first-order chi connectivity index (χ1) is 17.9. The van der Waals surface area contributed by atoms with Crippen molar-refractivity contribution in [1.29, 1.82) is 0 Å². The number of benzodiazepines with no additional fused rings is 1. The van der Waals surface area contributed by atoms with Crippen LogP contribution in [0.4, 0.5) is 24.9 Å². The zero-order valence-corrected chi connectivity index (χ0v) is 19.2. The molecule has 2 aromatic carbocycles. The van der Waals surface area contributed by atoms with Crippen LogP contribution < -0.4 is 10.6 Å². The number of nitrogens with one attached hydrogen (secondary N) is 2. The van der Waals surface area contributed by atoms with Crippen LogP contribution in [0, 0.1) is 0 Å². The number of hydrogen-bond acceptors (Lipinski definition) is 7. The van der Waals surface area contributed by atoms with Crippen LogP contribution in [0.15, 0.2) is 76.3 Å². The SMILES string of the molecule is O=C1Nc2ccccc2C(c2ccccc2)=N[C@@H]1Nc1nnc(-c2ncc(C(F)(F)F)cc2C2CC2)o1. The molecule has 11 heteroatoms. The van der Waals surface area contributed by atoms with Crippen molar-refractivity contribution in [1.82, 2.24) is 15.2 Å². The van der Waals surface area contributed by atoms with Gasteiger partial charge in [-0.1, -0.05) is 53.6 Å². The summed E-state index contributed by atoms with van der Waals surface area (Å²) in [7, 11) is 0. The molecular formula is C26H19F3N6O2. The normalized spacial score (nSPS) is 17.4. The quantitative estimate of drug-likeness (QED) is 0.384. The van der Waals surface area contributed by atoms with Crippen molar-refractivity contribution in [2.75, 3.05) is 10.6 Å². The largest absolute Gasteiger partial charge is 0.417 e. The lowest BCUT2D eigenvalue weighted by Crippen LogP contribution is -2.32. The van der Waals surface area contributed by atoms with Gasteiger partial charge in [0.15, 0.2) is 0 Å². The summed E-state index contributed by atoms with van der Waals surface area (Å²) in [4.78, 5) is 21.7. The van der Waals surface area contributed by atoms with Crippen LogP contribution in [0.1, 0.15) is 41.0 Å². The number of nitrogens with zero attached hydrogens (tertiary/aromatic N) is 4.